The number of benzene rings is 1. The number of nitrogens with one attached hydrogen (secondary N) is 1. The van der Waals surface area contributed by atoms with Crippen LogP contribution in [-0.2, 0) is 6.42 Å². The molecule has 0 radical (unpaired) electrons. The highest BCUT2D eigenvalue weighted by molar-refractivity contribution is 14.2. The van der Waals surface area contributed by atoms with E-state index in [-0.39, 0.29) is 5.56 Å². The van der Waals surface area contributed by atoms with Crippen LogP contribution in [-0.4, -0.2) is 38.9 Å². The fourth-order valence-electron chi connectivity index (χ4n) is 4.86. The number of nitrogens with zero attached hydrogens (tertiary/aromatic N) is 4. The smallest absolute Gasteiger partial charge is 0.263 e. The summed E-state index contributed by atoms with van der Waals surface area (Å²) in [4.78, 5) is 4.82. The van der Waals surface area contributed by atoms with Crippen LogP contribution in [0.1, 0.15) is 43.5 Å². The van der Waals surface area contributed by atoms with E-state index < -0.39 is 6.43 Å². The van der Waals surface area contributed by atoms with Crippen molar-refractivity contribution in [3.05, 3.63) is 54.0 Å². The van der Waals surface area contributed by atoms with Gasteiger partial charge >= 0.3 is 0 Å². The zero-order valence-electron chi connectivity index (χ0n) is 19.5. The van der Waals surface area contributed by atoms with E-state index in [9.17, 15) is 8.78 Å². The predicted octanol–water partition coefficient (Wildman–Crippen LogP) is 6.85. The largest absolute Gasteiger partial charge is 0.479 e. The first kappa shape index (κ1) is 24.5. The molecule has 35 heavy (non-hydrogen) atoms. The molecule has 0 saturated carbocycles. The second-order valence-electron chi connectivity index (χ2n) is 8.57. The van der Waals surface area contributed by atoms with Crippen LogP contribution < -0.4 is 10.1 Å². The highest BCUT2D eigenvalue weighted by Gasteiger charge is 2.23. The zero-order valence-corrected chi connectivity index (χ0v) is 22.4. The van der Waals surface area contributed by atoms with Gasteiger partial charge in [0.25, 0.3) is 6.43 Å². The molecule has 10 heteroatoms. The highest BCUT2D eigenvalue weighted by Crippen LogP contribution is 2.42. The van der Waals surface area contributed by atoms with Crippen molar-refractivity contribution in [1.82, 2.24) is 24.1 Å². The lowest BCUT2D eigenvalue weighted by Crippen LogP contribution is -2.29. The summed E-state index contributed by atoms with van der Waals surface area (Å²) >= 11 is 2.24. The fourth-order valence-corrected chi connectivity index (χ4v) is 6.65. The first-order chi connectivity index (χ1) is 17.0. The minimum Gasteiger partial charge on any atom is -0.479 e. The Balaban J connectivity index is 1.68. The standard InChI is InChI=1S/C25H26F2IN5OS/c1-3-21-22(15-5-4-6-16(11-15)23(26)27)19-12-17(13-30-24(19)33(21)35-28)20-14-32(31-25(20)34-2)18-7-9-29-10-8-18/h4-6,11-14,18,23,29H,3,7-10H2,1-2H3. The number of alkyl halides is 2. The third-order valence-corrected chi connectivity index (χ3v) is 8.29. The maximum atomic E-state index is 13.5. The van der Waals surface area contributed by atoms with Crippen molar-refractivity contribution in [1.29, 1.82) is 0 Å². The van der Waals surface area contributed by atoms with Gasteiger partial charge in [-0.25, -0.2) is 13.8 Å². The third kappa shape index (κ3) is 4.55. The van der Waals surface area contributed by atoms with Crippen molar-refractivity contribution in [3.8, 4) is 28.1 Å². The normalized spacial score (nSPS) is 14.8. The van der Waals surface area contributed by atoms with Crippen LogP contribution in [0, 0.1) is 0 Å². The number of hydrogen-bond donors (Lipinski definition) is 1. The molecule has 0 aliphatic carbocycles. The van der Waals surface area contributed by atoms with E-state index in [2.05, 4.69) is 43.5 Å². The lowest BCUT2D eigenvalue weighted by Gasteiger charge is -2.22. The average Bonchev–Trinajstić information content (AvgIpc) is 3.47. The van der Waals surface area contributed by atoms with Gasteiger partial charge in [0.15, 0.2) is 5.65 Å². The van der Waals surface area contributed by atoms with Gasteiger partial charge in [-0.1, -0.05) is 25.1 Å². The van der Waals surface area contributed by atoms with Gasteiger partial charge in [-0.3, -0.25) is 8.65 Å². The molecule has 4 aromatic rings. The van der Waals surface area contributed by atoms with Crippen molar-refractivity contribution in [2.24, 2.45) is 0 Å². The monoisotopic (exact) mass is 609 g/mol. The summed E-state index contributed by atoms with van der Waals surface area (Å²) in [7, 11) is 3.17. The van der Waals surface area contributed by atoms with E-state index >= 15 is 0 Å². The van der Waals surface area contributed by atoms with E-state index in [0.717, 1.165) is 71.3 Å². The lowest BCUT2D eigenvalue weighted by atomic mass is 9.98. The van der Waals surface area contributed by atoms with E-state index in [4.69, 9.17) is 14.8 Å². The molecule has 184 valence electrons. The molecule has 1 N–H and O–H groups in total. The molecule has 0 amide bonds. The molecule has 0 atom stereocenters. The number of aromatic nitrogens is 4. The van der Waals surface area contributed by atoms with Crippen LogP contribution in [0.5, 0.6) is 5.88 Å². The molecule has 1 aromatic carbocycles. The number of pyridine rings is 1. The molecule has 0 unspecified atom stereocenters. The van der Waals surface area contributed by atoms with Crippen LogP contribution >= 0.6 is 30.3 Å². The van der Waals surface area contributed by atoms with Crippen molar-refractivity contribution in [3.63, 3.8) is 0 Å². The fraction of sp³-hybridized carbons (Fsp3) is 0.360. The van der Waals surface area contributed by atoms with Crippen molar-refractivity contribution < 1.29 is 13.5 Å². The molecule has 0 spiro atoms. The van der Waals surface area contributed by atoms with Crippen molar-refractivity contribution >= 4 is 41.4 Å². The third-order valence-electron chi connectivity index (χ3n) is 6.58. The minimum atomic E-state index is -2.52. The van der Waals surface area contributed by atoms with Crippen LogP contribution in [0.25, 0.3) is 33.3 Å². The Morgan fingerprint density at radius 3 is 2.71 bits per heavy atom. The molecular formula is C25H26F2IN5OS. The van der Waals surface area contributed by atoms with Gasteiger partial charge in [-0.15, -0.1) is 5.10 Å². The topological polar surface area (TPSA) is 56.9 Å². The van der Waals surface area contributed by atoms with Gasteiger partial charge in [0.1, 0.15) is 0 Å². The first-order valence-electron chi connectivity index (χ1n) is 11.6. The van der Waals surface area contributed by atoms with Gasteiger partial charge in [0.2, 0.25) is 5.88 Å². The van der Waals surface area contributed by atoms with Crippen LogP contribution in [0.3, 0.4) is 0 Å². The SMILES string of the molecule is CCc1c(-c2cccc(C(F)F)c2)c2cc(-c3cn(C4CCNCC4)nc3OC)cnc2n1SI. The Bertz CT molecular complexity index is 1350. The molecule has 6 nitrogen and oxygen atoms in total. The summed E-state index contributed by atoms with van der Waals surface area (Å²) < 4.78 is 36.7. The number of methoxy groups -OCH3 is 1. The van der Waals surface area contributed by atoms with Gasteiger partial charge in [0, 0.05) is 70.5 Å². The molecule has 1 saturated heterocycles. The lowest BCUT2D eigenvalue weighted by molar-refractivity contribution is 0.151. The average molecular weight is 609 g/mol. The molecular weight excluding hydrogens is 583 g/mol. The maximum absolute atomic E-state index is 13.5. The summed E-state index contributed by atoms with van der Waals surface area (Å²) in [6.07, 6.45) is 4.14. The van der Waals surface area contributed by atoms with Crippen molar-refractivity contribution in [2.45, 2.75) is 38.7 Å². The van der Waals surface area contributed by atoms with Gasteiger partial charge in [-0.2, -0.15) is 0 Å². The summed E-state index contributed by atoms with van der Waals surface area (Å²) in [6.45, 7) is 4.01. The molecule has 4 heterocycles. The number of piperidine rings is 1. The molecule has 1 fully saturated rings. The van der Waals surface area contributed by atoms with Crippen LogP contribution in [0.4, 0.5) is 8.78 Å². The number of halogens is 3. The summed E-state index contributed by atoms with van der Waals surface area (Å²) in [5.41, 5.74) is 5.35. The number of fused-ring (bicyclic) bond motifs is 1. The van der Waals surface area contributed by atoms with Gasteiger partial charge in [0.05, 0.1) is 18.7 Å². The summed E-state index contributed by atoms with van der Waals surface area (Å²) in [5, 5.41) is 9.03. The molecule has 0 bridgehead atoms. The second-order valence-corrected chi connectivity index (χ2v) is 10.3. The molecule has 1 aliphatic rings. The second kappa shape index (κ2) is 10.4. The first-order valence-corrected chi connectivity index (χ1v) is 14.9. The van der Waals surface area contributed by atoms with Gasteiger partial charge in [-0.05, 0) is 50.0 Å². The molecule has 1 aliphatic heterocycles. The highest BCUT2D eigenvalue weighted by atomic mass is 127. The van der Waals surface area contributed by atoms with E-state index in [1.165, 1.54) is 15.2 Å². The van der Waals surface area contributed by atoms with Crippen LogP contribution in [0.2, 0.25) is 0 Å². The Morgan fingerprint density at radius 1 is 1.23 bits per heavy atom. The Hall–Kier alpha value is -2.18. The molecule has 5 rings (SSSR count). The van der Waals surface area contributed by atoms with E-state index in [1.54, 1.807) is 19.2 Å². The summed E-state index contributed by atoms with van der Waals surface area (Å²) in [6, 6.07) is 9.05. The quantitative estimate of drug-likeness (QED) is 0.233. The Labute approximate surface area is 219 Å². The predicted molar refractivity (Wildman–Crippen MR) is 145 cm³/mol. The Morgan fingerprint density at radius 2 is 2.03 bits per heavy atom. The van der Waals surface area contributed by atoms with E-state index in [1.807, 2.05) is 23.1 Å². The van der Waals surface area contributed by atoms with Gasteiger partial charge < -0.3 is 10.1 Å². The Kier molecular flexibility index (Phi) is 7.31. The molecule has 3 aromatic heterocycles. The number of ether oxygens (including phenoxy) is 1. The van der Waals surface area contributed by atoms with E-state index in [0.29, 0.717) is 11.9 Å². The van der Waals surface area contributed by atoms with Crippen molar-refractivity contribution in [2.75, 3.05) is 20.2 Å². The maximum Gasteiger partial charge on any atom is 0.263 e. The number of hydrogen-bond acceptors (Lipinski definition) is 5. The van der Waals surface area contributed by atoms with Crippen LogP contribution in [0.15, 0.2) is 42.7 Å². The summed E-state index contributed by atoms with van der Waals surface area (Å²) in [5.74, 6) is 0.560. The zero-order chi connectivity index (χ0) is 24.5. The minimum absolute atomic E-state index is 0.0154. The number of rotatable bonds is 7.